The second kappa shape index (κ2) is 7.94. The first-order chi connectivity index (χ1) is 13.2. The van der Waals surface area contributed by atoms with E-state index in [1.54, 1.807) is 36.4 Å². The molecule has 0 radical (unpaired) electrons. The van der Waals surface area contributed by atoms with Crippen LogP contribution >= 0.6 is 0 Å². The molecular formula is C20H24N4O3. The third-order valence-electron chi connectivity index (χ3n) is 5.23. The summed E-state index contributed by atoms with van der Waals surface area (Å²) in [5, 5.41) is 6.14. The molecule has 0 saturated carbocycles. The number of piperazine rings is 1. The second-order valence-electron chi connectivity index (χ2n) is 6.99. The van der Waals surface area contributed by atoms with Gasteiger partial charge in [-0.15, -0.1) is 0 Å². The molecule has 1 aromatic heterocycles. The SMILES string of the molecule is O=C(Nc1cccc(C(=O)N2CCC(N3CCNCC3)C2)c1)c1ccco1. The normalized spacial score (nSPS) is 20.6. The highest BCUT2D eigenvalue weighted by atomic mass is 16.3. The predicted octanol–water partition coefficient (Wildman–Crippen LogP) is 1.65. The van der Waals surface area contributed by atoms with Crippen LogP contribution in [0.15, 0.2) is 47.1 Å². The first-order valence-electron chi connectivity index (χ1n) is 9.40. The van der Waals surface area contributed by atoms with Crippen LogP contribution in [-0.2, 0) is 0 Å². The molecule has 1 aromatic carbocycles. The fourth-order valence-electron chi connectivity index (χ4n) is 3.78. The van der Waals surface area contributed by atoms with Crippen LogP contribution in [0.3, 0.4) is 0 Å². The summed E-state index contributed by atoms with van der Waals surface area (Å²) in [6, 6.07) is 10.8. The third kappa shape index (κ3) is 4.04. The molecule has 2 saturated heterocycles. The second-order valence-corrected chi connectivity index (χ2v) is 6.99. The summed E-state index contributed by atoms with van der Waals surface area (Å²) in [7, 11) is 0. The van der Waals surface area contributed by atoms with E-state index in [4.69, 9.17) is 4.42 Å². The van der Waals surface area contributed by atoms with Crippen LogP contribution in [0.1, 0.15) is 27.3 Å². The summed E-state index contributed by atoms with van der Waals surface area (Å²) < 4.78 is 5.10. The van der Waals surface area contributed by atoms with Gasteiger partial charge in [0, 0.05) is 56.6 Å². The number of anilines is 1. The molecule has 2 amide bonds. The number of rotatable bonds is 4. The Labute approximate surface area is 158 Å². The smallest absolute Gasteiger partial charge is 0.291 e. The van der Waals surface area contributed by atoms with Crippen molar-refractivity contribution in [1.29, 1.82) is 0 Å². The van der Waals surface area contributed by atoms with Gasteiger partial charge in [0.1, 0.15) is 0 Å². The fourth-order valence-corrected chi connectivity index (χ4v) is 3.78. The molecule has 1 unspecified atom stereocenters. The average Bonchev–Trinajstić information content (AvgIpc) is 3.40. The van der Waals surface area contributed by atoms with Gasteiger partial charge in [0.2, 0.25) is 0 Å². The van der Waals surface area contributed by atoms with Gasteiger partial charge in [0.05, 0.1) is 6.26 Å². The summed E-state index contributed by atoms with van der Waals surface area (Å²) in [5.74, 6) is -0.0728. The number of carbonyl (C=O) groups is 2. The lowest BCUT2D eigenvalue weighted by Crippen LogP contribution is -2.49. The molecule has 0 aliphatic carbocycles. The maximum Gasteiger partial charge on any atom is 0.291 e. The molecule has 7 nitrogen and oxygen atoms in total. The number of carbonyl (C=O) groups excluding carboxylic acids is 2. The molecule has 27 heavy (non-hydrogen) atoms. The van der Waals surface area contributed by atoms with Gasteiger partial charge >= 0.3 is 0 Å². The van der Waals surface area contributed by atoms with Gasteiger partial charge in [-0.1, -0.05) is 6.07 Å². The van der Waals surface area contributed by atoms with E-state index in [-0.39, 0.29) is 17.6 Å². The molecule has 7 heteroatoms. The van der Waals surface area contributed by atoms with Gasteiger partial charge in [0.15, 0.2) is 5.76 Å². The molecule has 1 atom stereocenters. The number of benzene rings is 1. The van der Waals surface area contributed by atoms with E-state index in [1.165, 1.54) is 6.26 Å². The van der Waals surface area contributed by atoms with E-state index in [9.17, 15) is 9.59 Å². The lowest BCUT2D eigenvalue weighted by molar-refractivity contribution is 0.0773. The lowest BCUT2D eigenvalue weighted by Gasteiger charge is -2.32. The van der Waals surface area contributed by atoms with Gasteiger partial charge in [-0.05, 0) is 36.8 Å². The van der Waals surface area contributed by atoms with Gasteiger partial charge in [0.25, 0.3) is 11.8 Å². The Hall–Kier alpha value is -2.64. The summed E-state index contributed by atoms with van der Waals surface area (Å²) in [6.07, 6.45) is 2.47. The highest BCUT2D eigenvalue weighted by molar-refractivity contribution is 6.03. The highest BCUT2D eigenvalue weighted by Gasteiger charge is 2.31. The largest absolute Gasteiger partial charge is 0.459 e. The van der Waals surface area contributed by atoms with Crippen molar-refractivity contribution in [1.82, 2.24) is 15.1 Å². The number of nitrogens with one attached hydrogen (secondary N) is 2. The molecule has 0 spiro atoms. The first kappa shape index (κ1) is 17.8. The topological polar surface area (TPSA) is 77.8 Å². The summed E-state index contributed by atoms with van der Waals surface area (Å²) in [6.45, 7) is 5.66. The quantitative estimate of drug-likeness (QED) is 0.858. The van der Waals surface area contributed by atoms with E-state index in [0.29, 0.717) is 17.3 Å². The molecule has 2 N–H and O–H groups in total. The van der Waals surface area contributed by atoms with Crippen LogP contribution in [0, 0.1) is 0 Å². The Morgan fingerprint density at radius 3 is 2.74 bits per heavy atom. The molecule has 142 valence electrons. The van der Waals surface area contributed by atoms with Gasteiger partial charge < -0.3 is 20.0 Å². The van der Waals surface area contributed by atoms with E-state index >= 15 is 0 Å². The maximum atomic E-state index is 12.9. The van der Waals surface area contributed by atoms with Gasteiger partial charge in [-0.2, -0.15) is 0 Å². The third-order valence-corrected chi connectivity index (χ3v) is 5.23. The Morgan fingerprint density at radius 1 is 1.11 bits per heavy atom. The molecule has 2 aromatic rings. The van der Waals surface area contributed by atoms with Crippen LogP contribution in [-0.4, -0.2) is 66.9 Å². The summed E-state index contributed by atoms with van der Waals surface area (Å²) in [4.78, 5) is 29.4. The number of furan rings is 1. The van der Waals surface area contributed by atoms with Crippen molar-refractivity contribution >= 4 is 17.5 Å². The van der Waals surface area contributed by atoms with E-state index in [2.05, 4.69) is 15.5 Å². The fraction of sp³-hybridized carbons (Fsp3) is 0.400. The Morgan fingerprint density at radius 2 is 1.96 bits per heavy atom. The van der Waals surface area contributed by atoms with Crippen molar-refractivity contribution in [2.75, 3.05) is 44.6 Å². The van der Waals surface area contributed by atoms with E-state index in [0.717, 1.165) is 45.7 Å². The zero-order valence-corrected chi connectivity index (χ0v) is 15.2. The maximum absolute atomic E-state index is 12.9. The highest BCUT2D eigenvalue weighted by Crippen LogP contribution is 2.20. The minimum Gasteiger partial charge on any atom is -0.459 e. The van der Waals surface area contributed by atoms with E-state index < -0.39 is 0 Å². The van der Waals surface area contributed by atoms with Crippen LogP contribution < -0.4 is 10.6 Å². The van der Waals surface area contributed by atoms with Crippen molar-refractivity contribution in [2.45, 2.75) is 12.5 Å². The monoisotopic (exact) mass is 368 g/mol. The molecule has 2 aliphatic rings. The number of nitrogens with zero attached hydrogens (tertiary/aromatic N) is 2. The molecule has 3 heterocycles. The van der Waals surface area contributed by atoms with Crippen LogP contribution in [0.2, 0.25) is 0 Å². The number of likely N-dealkylation sites (tertiary alicyclic amines) is 1. The zero-order valence-electron chi connectivity index (χ0n) is 15.2. The molecule has 2 fully saturated rings. The molecule has 4 rings (SSSR count). The van der Waals surface area contributed by atoms with Gasteiger partial charge in [-0.25, -0.2) is 0 Å². The van der Waals surface area contributed by atoms with Crippen molar-refractivity contribution in [3.05, 3.63) is 54.0 Å². The van der Waals surface area contributed by atoms with Crippen LogP contribution in [0.25, 0.3) is 0 Å². The van der Waals surface area contributed by atoms with Crippen molar-refractivity contribution in [3.63, 3.8) is 0 Å². The summed E-state index contributed by atoms with van der Waals surface area (Å²) >= 11 is 0. The zero-order chi connectivity index (χ0) is 18.6. The Balaban J connectivity index is 1.39. The number of hydrogen-bond donors (Lipinski definition) is 2. The number of amides is 2. The van der Waals surface area contributed by atoms with Crippen molar-refractivity contribution in [2.24, 2.45) is 0 Å². The predicted molar refractivity (Wildman–Crippen MR) is 102 cm³/mol. The Kier molecular flexibility index (Phi) is 5.22. The molecule has 2 aliphatic heterocycles. The lowest BCUT2D eigenvalue weighted by atomic mass is 10.1. The van der Waals surface area contributed by atoms with Crippen LogP contribution in [0.4, 0.5) is 5.69 Å². The van der Waals surface area contributed by atoms with Crippen molar-refractivity contribution < 1.29 is 14.0 Å². The standard InChI is InChI=1S/C20H24N4O3/c25-19(18-5-2-12-27-18)22-16-4-1-3-15(13-16)20(26)24-9-6-17(14-24)23-10-7-21-8-11-23/h1-5,12-13,17,21H,6-11,14H2,(H,22,25). The van der Waals surface area contributed by atoms with Crippen LogP contribution in [0.5, 0.6) is 0 Å². The molecular weight excluding hydrogens is 344 g/mol. The van der Waals surface area contributed by atoms with E-state index in [1.807, 2.05) is 4.90 Å². The summed E-state index contributed by atoms with van der Waals surface area (Å²) in [5.41, 5.74) is 1.17. The van der Waals surface area contributed by atoms with Crippen molar-refractivity contribution in [3.8, 4) is 0 Å². The number of hydrogen-bond acceptors (Lipinski definition) is 5. The minimum absolute atomic E-state index is 0.0155. The van der Waals surface area contributed by atoms with Gasteiger partial charge in [-0.3, -0.25) is 14.5 Å². The molecule has 0 bridgehead atoms. The first-order valence-corrected chi connectivity index (χ1v) is 9.40. The average molecular weight is 368 g/mol. The Bertz CT molecular complexity index is 799. The minimum atomic E-state index is -0.329.